The number of rotatable bonds is 7. The molecule has 2 aromatic heterocycles. The minimum atomic E-state index is -0.339. The van der Waals surface area contributed by atoms with Crippen LogP contribution in [0.1, 0.15) is 0 Å². The molecule has 0 fully saturated rings. The van der Waals surface area contributed by atoms with Crippen molar-refractivity contribution in [3.8, 4) is 11.5 Å². The van der Waals surface area contributed by atoms with Crippen LogP contribution in [0.2, 0.25) is 0 Å². The summed E-state index contributed by atoms with van der Waals surface area (Å²) >= 11 is 6.48. The van der Waals surface area contributed by atoms with Gasteiger partial charge in [0.05, 0.1) is 0 Å². The molecule has 7 nitrogen and oxygen atoms in total. The fourth-order valence-corrected chi connectivity index (χ4v) is 4.28. The van der Waals surface area contributed by atoms with Crippen LogP contribution in [0.15, 0.2) is 78.4 Å². The molecular weight excluding hydrogens is 432 g/mol. The molecule has 156 valence electrons. The number of aromatic nitrogens is 3. The molecule has 1 amide bonds. The zero-order valence-corrected chi connectivity index (χ0v) is 18.0. The van der Waals surface area contributed by atoms with Crippen LogP contribution in [0.25, 0.3) is 10.3 Å². The molecule has 31 heavy (non-hydrogen) atoms. The Labute approximate surface area is 186 Å². The summed E-state index contributed by atoms with van der Waals surface area (Å²) in [5.74, 6) is 1.04. The zero-order chi connectivity index (χ0) is 21.8. The zero-order valence-electron chi connectivity index (χ0n) is 16.4. The number of ether oxygens (including phenoxy) is 1. The second-order valence-electron chi connectivity index (χ2n) is 6.59. The van der Waals surface area contributed by atoms with E-state index in [0.717, 1.165) is 5.75 Å². The summed E-state index contributed by atoms with van der Waals surface area (Å²) in [7, 11) is 0. The van der Waals surface area contributed by atoms with Crippen LogP contribution < -0.4 is 15.6 Å². The van der Waals surface area contributed by atoms with Crippen LogP contribution in [0.5, 0.6) is 11.5 Å². The summed E-state index contributed by atoms with van der Waals surface area (Å²) in [6, 6.07) is 16.4. The van der Waals surface area contributed by atoms with E-state index in [2.05, 4.69) is 16.9 Å². The summed E-state index contributed by atoms with van der Waals surface area (Å²) in [6.07, 6.45) is 3.06. The summed E-state index contributed by atoms with van der Waals surface area (Å²) in [5, 5.41) is 2.78. The highest BCUT2D eigenvalue weighted by Crippen LogP contribution is 2.22. The maximum atomic E-state index is 12.8. The van der Waals surface area contributed by atoms with Crippen molar-refractivity contribution in [2.75, 3.05) is 5.32 Å². The van der Waals surface area contributed by atoms with Crippen molar-refractivity contribution < 1.29 is 9.53 Å². The number of benzene rings is 2. The van der Waals surface area contributed by atoms with Gasteiger partial charge in [0.25, 0.3) is 5.56 Å². The number of nitrogens with zero attached hydrogens (tertiary/aromatic N) is 3. The topological polar surface area (TPSA) is 78.2 Å². The fourth-order valence-electron chi connectivity index (χ4n) is 2.96. The number of hydrogen-bond donors (Lipinski definition) is 1. The standard InChI is InChI=1S/C22H18N4O3S2/c1-2-12-26-20-19(31-22(26)30)21(28)25(14-23-20)13-18(27)24-15-8-10-17(11-9-15)29-16-6-4-3-5-7-16/h2-11,14H,1,12-13H2,(H,24,27). The average Bonchev–Trinajstić information content (AvgIpc) is 3.09. The summed E-state index contributed by atoms with van der Waals surface area (Å²) in [4.78, 5) is 29.5. The summed E-state index contributed by atoms with van der Waals surface area (Å²) < 4.78 is 9.71. The lowest BCUT2D eigenvalue weighted by atomic mass is 10.3. The van der Waals surface area contributed by atoms with Crippen molar-refractivity contribution >= 4 is 45.5 Å². The van der Waals surface area contributed by atoms with Crippen LogP contribution in [0, 0.1) is 3.95 Å². The lowest BCUT2D eigenvalue weighted by molar-refractivity contribution is -0.116. The lowest BCUT2D eigenvalue weighted by Crippen LogP contribution is -2.27. The Morgan fingerprint density at radius 2 is 1.87 bits per heavy atom. The van der Waals surface area contributed by atoms with E-state index >= 15 is 0 Å². The van der Waals surface area contributed by atoms with Gasteiger partial charge in [0.15, 0.2) is 9.60 Å². The number of carbonyl (C=O) groups is 1. The first-order chi connectivity index (χ1) is 15.0. The minimum absolute atomic E-state index is 0.157. The largest absolute Gasteiger partial charge is 0.457 e. The Morgan fingerprint density at radius 1 is 1.16 bits per heavy atom. The number of thiazole rings is 1. The average molecular weight is 451 g/mol. The fraction of sp³-hybridized carbons (Fsp3) is 0.0909. The molecule has 0 aliphatic heterocycles. The molecule has 0 aliphatic carbocycles. The van der Waals surface area contributed by atoms with E-state index in [1.807, 2.05) is 30.3 Å². The molecule has 9 heteroatoms. The van der Waals surface area contributed by atoms with Crippen molar-refractivity contribution in [3.63, 3.8) is 0 Å². The van der Waals surface area contributed by atoms with Crippen LogP contribution >= 0.6 is 23.6 Å². The van der Waals surface area contributed by atoms with Crippen LogP contribution in [0.3, 0.4) is 0 Å². The second kappa shape index (κ2) is 9.07. The normalized spacial score (nSPS) is 10.7. The molecule has 0 spiro atoms. The molecule has 2 heterocycles. The van der Waals surface area contributed by atoms with E-state index in [9.17, 15) is 9.59 Å². The first-order valence-electron chi connectivity index (χ1n) is 9.37. The first kappa shape index (κ1) is 20.7. The highest BCUT2D eigenvalue weighted by molar-refractivity contribution is 7.73. The predicted octanol–water partition coefficient (Wildman–Crippen LogP) is 4.61. The molecule has 0 radical (unpaired) electrons. The van der Waals surface area contributed by atoms with Crippen molar-refractivity contribution in [1.82, 2.24) is 14.1 Å². The van der Waals surface area contributed by atoms with Gasteiger partial charge < -0.3 is 14.6 Å². The number of hydrogen-bond acceptors (Lipinski definition) is 6. The predicted molar refractivity (Wildman–Crippen MR) is 124 cm³/mol. The minimum Gasteiger partial charge on any atom is -0.457 e. The highest BCUT2D eigenvalue weighted by atomic mass is 32.1. The summed E-state index contributed by atoms with van der Waals surface area (Å²) in [6.45, 7) is 4.01. The number of fused-ring (bicyclic) bond motifs is 1. The monoisotopic (exact) mass is 450 g/mol. The van der Waals surface area contributed by atoms with Crippen molar-refractivity contribution in [2.24, 2.45) is 0 Å². The van der Waals surface area contributed by atoms with Crippen molar-refractivity contribution in [1.29, 1.82) is 0 Å². The molecule has 4 rings (SSSR count). The van der Waals surface area contributed by atoms with Gasteiger partial charge in [0.1, 0.15) is 29.1 Å². The molecule has 0 saturated carbocycles. The molecule has 0 aliphatic rings. The van der Waals surface area contributed by atoms with Gasteiger partial charge in [-0.15, -0.1) is 6.58 Å². The Kier molecular flexibility index (Phi) is 6.06. The second-order valence-corrected chi connectivity index (χ2v) is 8.23. The number of anilines is 1. The van der Waals surface area contributed by atoms with Gasteiger partial charge in [-0.3, -0.25) is 14.2 Å². The number of amides is 1. The smallest absolute Gasteiger partial charge is 0.273 e. The van der Waals surface area contributed by atoms with Crippen molar-refractivity contribution in [2.45, 2.75) is 13.1 Å². The molecule has 4 aromatic rings. The number of nitrogens with one attached hydrogen (secondary N) is 1. The SMILES string of the molecule is C=CCn1c(=S)sc2c(=O)n(CC(=O)Nc3ccc(Oc4ccccc4)cc3)cnc21. The first-order valence-corrected chi connectivity index (χ1v) is 10.6. The van der Waals surface area contributed by atoms with Gasteiger partial charge in [-0.2, -0.15) is 0 Å². The highest BCUT2D eigenvalue weighted by Gasteiger charge is 2.13. The molecule has 0 bridgehead atoms. The van der Waals surface area contributed by atoms with E-state index < -0.39 is 0 Å². The van der Waals surface area contributed by atoms with E-state index in [-0.39, 0.29) is 18.0 Å². The molecule has 2 aromatic carbocycles. The Morgan fingerprint density at radius 3 is 2.58 bits per heavy atom. The van der Waals surface area contributed by atoms with Gasteiger partial charge in [-0.25, -0.2) is 4.98 Å². The number of carbonyl (C=O) groups excluding carboxylic acids is 1. The molecule has 1 N–H and O–H groups in total. The van der Waals surface area contributed by atoms with E-state index in [4.69, 9.17) is 17.0 Å². The maximum absolute atomic E-state index is 12.8. The van der Waals surface area contributed by atoms with Gasteiger partial charge in [0.2, 0.25) is 5.91 Å². The van der Waals surface area contributed by atoms with Gasteiger partial charge in [-0.05, 0) is 48.6 Å². The van der Waals surface area contributed by atoms with E-state index in [0.29, 0.717) is 32.3 Å². The van der Waals surface area contributed by atoms with E-state index in [1.165, 1.54) is 22.2 Å². The Balaban J connectivity index is 1.45. The quantitative estimate of drug-likeness (QED) is 0.329. The van der Waals surface area contributed by atoms with E-state index in [1.54, 1.807) is 34.9 Å². The third kappa shape index (κ3) is 4.62. The third-order valence-electron chi connectivity index (χ3n) is 4.39. The maximum Gasteiger partial charge on any atom is 0.273 e. The van der Waals surface area contributed by atoms with Crippen molar-refractivity contribution in [3.05, 3.63) is 87.9 Å². The molecule has 0 atom stereocenters. The number of allylic oxidation sites excluding steroid dienone is 1. The molecular formula is C22H18N4O3S2. The van der Waals surface area contributed by atoms with Gasteiger partial charge in [-0.1, -0.05) is 35.6 Å². The molecule has 0 saturated heterocycles. The number of para-hydroxylation sites is 1. The van der Waals surface area contributed by atoms with Gasteiger partial charge in [0, 0.05) is 12.2 Å². The molecule has 0 unspecified atom stereocenters. The van der Waals surface area contributed by atoms with Crippen LogP contribution in [-0.4, -0.2) is 20.0 Å². The van der Waals surface area contributed by atoms with Crippen LogP contribution in [-0.2, 0) is 17.9 Å². The Bertz CT molecular complexity index is 1360. The summed E-state index contributed by atoms with van der Waals surface area (Å²) in [5.41, 5.74) is 0.802. The third-order valence-corrected chi connectivity index (χ3v) is 5.81. The van der Waals surface area contributed by atoms with Crippen LogP contribution in [0.4, 0.5) is 5.69 Å². The Hall–Kier alpha value is -3.56. The lowest BCUT2D eigenvalue weighted by Gasteiger charge is -2.09. The van der Waals surface area contributed by atoms with Gasteiger partial charge >= 0.3 is 0 Å².